The van der Waals surface area contributed by atoms with Crippen LogP contribution in [-0.2, 0) is 0 Å². The number of methoxy groups -OCH3 is 1. The van der Waals surface area contributed by atoms with Crippen molar-refractivity contribution in [1.29, 1.82) is 0 Å². The van der Waals surface area contributed by atoms with E-state index in [0.717, 1.165) is 6.42 Å². The van der Waals surface area contributed by atoms with Gasteiger partial charge in [0.1, 0.15) is 17.1 Å². The number of carbonyl (C=O) groups is 2. The number of amides is 2. The van der Waals surface area contributed by atoms with Crippen LogP contribution in [0.15, 0.2) is 83.0 Å². The van der Waals surface area contributed by atoms with Gasteiger partial charge in [-0.25, -0.2) is 0 Å². The molecule has 0 aliphatic rings. The largest absolute Gasteiger partial charge is 0.505 e. The smallest absolute Gasteiger partial charge is 0.271 e. The summed E-state index contributed by atoms with van der Waals surface area (Å²) in [6.45, 7) is 2.47. The number of carbonyl (C=O) groups excluding carboxylic acids is 2. The first kappa shape index (κ1) is 26.7. The zero-order chi connectivity index (χ0) is 27.9. The van der Waals surface area contributed by atoms with E-state index >= 15 is 0 Å². The SMILES string of the molecule is CCCNC(=O)c1ccc(OC)c(N=Nc2c(O)c(C(=O)Nc3cccc([N+](=O)[O-])c3)cc3ccccc23)c1. The Labute approximate surface area is 223 Å². The second-order valence-electron chi connectivity index (χ2n) is 8.45. The fourth-order valence-electron chi connectivity index (χ4n) is 3.84. The van der Waals surface area contributed by atoms with E-state index in [1.165, 1.54) is 43.5 Å². The maximum absolute atomic E-state index is 13.1. The number of azo groups is 1. The predicted octanol–water partition coefficient (Wildman–Crippen LogP) is 6.27. The first-order chi connectivity index (χ1) is 18.8. The van der Waals surface area contributed by atoms with Crippen LogP contribution in [0.1, 0.15) is 34.1 Å². The summed E-state index contributed by atoms with van der Waals surface area (Å²) in [7, 11) is 1.46. The topological polar surface area (TPSA) is 156 Å². The highest BCUT2D eigenvalue weighted by molar-refractivity contribution is 6.11. The Bertz CT molecular complexity index is 1600. The molecular weight excluding hydrogens is 502 g/mol. The fourth-order valence-corrected chi connectivity index (χ4v) is 3.84. The third-order valence-corrected chi connectivity index (χ3v) is 5.79. The number of fused-ring (bicyclic) bond motifs is 1. The van der Waals surface area contributed by atoms with E-state index in [2.05, 4.69) is 20.9 Å². The molecule has 11 nitrogen and oxygen atoms in total. The number of rotatable bonds is 9. The van der Waals surface area contributed by atoms with Crippen molar-refractivity contribution in [3.63, 3.8) is 0 Å². The molecule has 4 aromatic rings. The fraction of sp³-hybridized carbons (Fsp3) is 0.143. The minimum atomic E-state index is -0.692. The molecule has 0 fully saturated rings. The highest BCUT2D eigenvalue weighted by Gasteiger charge is 2.20. The van der Waals surface area contributed by atoms with Gasteiger partial charge in [-0.05, 0) is 42.1 Å². The standard InChI is InChI=1S/C28H25N5O6/c1-3-13-29-27(35)18-11-12-24(39-2)23(15-18)31-32-25-21-10-5-4-7-17(21)14-22(26(25)34)28(36)30-19-8-6-9-20(16-19)33(37)38/h4-12,14-16,34H,3,13H2,1-2H3,(H,29,35)(H,30,36). The Hall–Kier alpha value is -5.32. The maximum Gasteiger partial charge on any atom is 0.271 e. The summed E-state index contributed by atoms with van der Waals surface area (Å²) in [4.78, 5) is 36.1. The van der Waals surface area contributed by atoms with Gasteiger partial charge in [-0.1, -0.05) is 37.3 Å². The normalized spacial score (nSPS) is 10.9. The molecule has 4 rings (SSSR count). The Morgan fingerprint density at radius 3 is 2.54 bits per heavy atom. The van der Waals surface area contributed by atoms with E-state index in [0.29, 0.717) is 28.6 Å². The Morgan fingerprint density at radius 2 is 1.79 bits per heavy atom. The summed E-state index contributed by atoms with van der Waals surface area (Å²) in [6, 6.07) is 18.7. The van der Waals surface area contributed by atoms with Crippen molar-refractivity contribution in [2.45, 2.75) is 13.3 Å². The summed E-state index contributed by atoms with van der Waals surface area (Å²) in [6.07, 6.45) is 0.784. The summed E-state index contributed by atoms with van der Waals surface area (Å²) >= 11 is 0. The molecule has 0 aliphatic heterocycles. The average Bonchev–Trinajstić information content (AvgIpc) is 2.95. The summed E-state index contributed by atoms with van der Waals surface area (Å²) in [5.74, 6) is -1.04. The van der Waals surface area contributed by atoms with Crippen LogP contribution in [-0.4, -0.2) is 35.5 Å². The van der Waals surface area contributed by atoms with E-state index < -0.39 is 16.6 Å². The zero-order valence-electron chi connectivity index (χ0n) is 21.2. The van der Waals surface area contributed by atoms with Gasteiger partial charge >= 0.3 is 0 Å². The summed E-state index contributed by atoms with van der Waals surface area (Å²) in [5.41, 5.74) is 0.528. The van der Waals surface area contributed by atoms with E-state index in [4.69, 9.17) is 4.74 Å². The number of nitro benzene ring substituents is 1. The van der Waals surface area contributed by atoms with Gasteiger partial charge in [0.25, 0.3) is 17.5 Å². The van der Waals surface area contributed by atoms with Crippen molar-refractivity contribution in [2.24, 2.45) is 10.2 Å². The van der Waals surface area contributed by atoms with Gasteiger partial charge in [-0.2, -0.15) is 0 Å². The molecule has 39 heavy (non-hydrogen) atoms. The van der Waals surface area contributed by atoms with Gasteiger partial charge in [0.05, 0.1) is 17.6 Å². The molecule has 0 radical (unpaired) electrons. The number of phenols is 1. The molecule has 0 bridgehead atoms. The van der Waals surface area contributed by atoms with Crippen molar-refractivity contribution in [1.82, 2.24) is 5.32 Å². The lowest BCUT2D eigenvalue weighted by Crippen LogP contribution is -2.23. The second kappa shape index (κ2) is 11.8. The number of nitrogens with one attached hydrogen (secondary N) is 2. The lowest BCUT2D eigenvalue weighted by molar-refractivity contribution is -0.384. The molecule has 0 heterocycles. The van der Waals surface area contributed by atoms with Crippen LogP contribution in [0.3, 0.4) is 0 Å². The second-order valence-corrected chi connectivity index (χ2v) is 8.45. The molecule has 2 amide bonds. The van der Waals surface area contributed by atoms with Crippen molar-refractivity contribution in [2.75, 3.05) is 19.0 Å². The van der Waals surface area contributed by atoms with E-state index in [1.807, 2.05) is 6.92 Å². The molecule has 0 saturated carbocycles. The van der Waals surface area contributed by atoms with Gasteiger partial charge in [-0.15, -0.1) is 10.2 Å². The quantitative estimate of drug-likeness (QED) is 0.132. The molecule has 0 spiro atoms. The zero-order valence-corrected chi connectivity index (χ0v) is 21.2. The number of ether oxygens (including phenoxy) is 1. The number of nitro groups is 1. The molecule has 3 N–H and O–H groups in total. The van der Waals surface area contributed by atoms with Gasteiger partial charge in [0.2, 0.25) is 0 Å². The molecular formula is C28H25N5O6. The first-order valence-electron chi connectivity index (χ1n) is 12.0. The van der Waals surface area contributed by atoms with Crippen LogP contribution in [0.4, 0.5) is 22.7 Å². The molecule has 0 unspecified atom stereocenters. The molecule has 4 aromatic carbocycles. The number of phenolic OH excluding ortho intramolecular Hbond substituents is 1. The maximum atomic E-state index is 13.1. The van der Waals surface area contributed by atoms with Gasteiger partial charge in [0, 0.05) is 35.3 Å². The monoisotopic (exact) mass is 527 g/mol. The summed E-state index contributed by atoms with van der Waals surface area (Å²) < 4.78 is 5.36. The lowest BCUT2D eigenvalue weighted by Gasteiger charge is -2.11. The lowest BCUT2D eigenvalue weighted by atomic mass is 10.0. The van der Waals surface area contributed by atoms with Crippen molar-refractivity contribution < 1.29 is 24.4 Å². The van der Waals surface area contributed by atoms with Crippen LogP contribution in [0.2, 0.25) is 0 Å². The number of nitrogens with zero attached hydrogens (tertiary/aromatic N) is 3. The Kier molecular flexibility index (Phi) is 8.10. The average molecular weight is 528 g/mol. The van der Waals surface area contributed by atoms with Crippen LogP contribution in [0, 0.1) is 10.1 Å². The van der Waals surface area contributed by atoms with Crippen molar-refractivity contribution in [3.05, 3.63) is 94.0 Å². The van der Waals surface area contributed by atoms with Crippen molar-refractivity contribution >= 4 is 45.3 Å². The van der Waals surface area contributed by atoms with E-state index in [-0.39, 0.29) is 34.2 Å². The molecule has 0 saturated heterocycles. The van der Waals surface area contributed by atoms with Gasteiger partial charge in [-0.3, -0.25) is 19.7 Å². The predicted molar refractivity (Wildman–Crippen MR) is 146 cm³/mol. The number of non-ortho nitro benzene ring substituents is 1. The number of hydrogen-bond donors (Lipinski definition) is 3. The van der Waals surface area contributed by atoms with Gasteiger partial charge < -0.3 is 20.5 Å². The number of aromatic hydroxyl groups is 1. The minimum absolute atomic E-state index is 0.0279. The van der Waals surface area contributed by atoms with Crippen LogP contribution in [0.25, 0.3) is 10.8 Å². The molecule has 198 valence electrons. The molecule has 11 heteroatoms. The van der Waals surface area contributed by atoms with Crippen LogP contribution in [0.5, 0.6) is 11.5 Å². The number of anilines is 1. The minimum Gasteiger partial charge on any atom is -0.505 e. The molecule has 0 aliphatic carbocycles. The third kappa shape index (κ3) is 5.99. The third-order valence-electron chi connectivity index (χ3n) is 5.79. The Morgan fingerprint density at radius 1 is 1.00 bits per heavy atom. The van der Waals surface area contributed by atoms with Crippen molar-refractivity contribution in [3.8, 4) is 11.5 Å². The Balaban J connectivity index is 1.74. The van der Waals surface area contributed by atoms with E-state index in [9.17, 15) is 24.8 Å². The van der Waals surface area contributed by atoms with Crippen LogP contribution >= 0.6 is 0 Å². The van der Waals surface area contributed by atoms with E-state index in [1.54, 1.807) is 36.4 Å². The molecule has 0 atom stereocenters. The number of hydrogen-bond acceptors (Lipinski definition) is 8. The first-order valence-corrected chi connectivity index (χ1v) is 12.0. The highest BCUT2D eigenvalue weighted by Crippen LogP contribution is 2.40. The van der Waals surface area contributed by atoms with Gasteiger partial charge in [0.15, 0.2) is 5.75 Å². The van der Waals surface area contributed by atoms with Crippen LogP contribution < -0.4 is 15.4 Å². The molecule has 0 aromatic heterocycles. The summed E-state index contributed by atoms with van der Waals surface area (Å²) in [5, 5.41) is 37.2. The number of benzene rings is 4. The highest BCUT2D eigenvalue weighted by atomic mass is 16.6.